The second kappa shape index (κ2) is 6.18. The van der Waals surface area contributed by atoms with Crippen molar-refractivity contribution in [3.05, 3.63) is 93.4 Å². The third-order valence-electron chi connectivity index (χ3n) is 6.82. The van der Waals surface area contributed by atoms with Gasteiger partial charge in [-0.15, -0.1) is 0 Å². The molecule has 2 aromatic carbocycles. The van der Waals surface area contributed by atoms with Crippen molar-refractivity contribution in [3.63, 3.8) is 0 Å². The number of aromatic nitrogens is 1. The summed E-state index contributed by atoms with van der Waals surface area (Å²) in [5, 5.41) is 0. The summed E-state index contributed by atoms with van der Waals surface area (Å²) in [6.07, 6.45) is 2.28. The fourth-order valence-electron chi connectivity index (χ4n) is 5.68. The predicted molar refractivity (Wildman–Crippen MR) is 112 cm³/mol. The maximum Gasteiger partial charge on any atom is 0.250 e. The Hall–Kier alpha value is -2.65. The molecule has 6 rings (SSSR count). The number of rotatable bonds is 2. The van der Waals surface area contributed by atoms with E-state index >= 15 is 0 Å². The highest BCUT2D eigenvalue weighted by Crippen LogP contribution is 2.38. The molecule has 0 radical (unpaired) electrons. The van der Waals surface area contributed by atoms with Crippen LogP contribution in [0.2, 0.25) is 0 Å². The molecule has 0 amide bonds. The third-order valence-corrected chi connectivity index (χ3v) is 6.82. The lowest BCUT2D eigenvalue weighted by Gasteiger charge is -2.42. The second-order valence-corrected chi connectivity index (χ2v) is 8.72. The Kier molecular flexibility index (Phi) is 3.60. The van der Waals surface area contributed by atoms with E-state index in [1.54, 1.807) is 6.07 Å². The molecule has 1 aliphatic carbocycles. The van der Waals surface area contributed by atoms with Crippen LogP contribution in [0.25, 0.3) is 11.1 Å². The molecular weight excluding hydrogens is 344 g/mol. The summed E-state index contributed by atoms with van der Waals surface area (Å²) >= 11 is 0. The van der Waals surface area contributed by atoms with Crippen LogP contribution in [0.15, 0.2) is 65.5 Å². The van der Waals surface area contributed by atoms with Gasteiger partial charge in [0.15, 0.2) is 0 Å². The monoisotopic (exact) mass is 368 g/mol. The summed E-state index contributed by atoms with van der Waals surface area (Å²) in [6, 6.07) is 21.6. The summed E-state index contributed by atoms with van der Waals surface area (Å²) in [5.41, 5.74) is 8.53. The van der Waals surface area contributed by atoms with E-state index in [0.717, 1.165) is 32.6 Å². The number of hydrogen-bond acceptors (Lipinski definition) is 2. The van der Waals surface area contributed by atoms with Gasteiger partial charge in [0, 0.05) is 43.9 Å². The molecule has 0 unspecified atom stereocenters. The Morgan fingerprint density at radius 2 is 1.75 bits per heavy atom. The van der Waals surface area contributed by atoms with Gasteiger partial charge in [-0.3, -0.25) is 9.69 Å². The highest BCUT2D eigenvalue weighted by Gasteiger charge is 2.34. The lowest BCUT2D eigenvalue weighted by molar-refractivity contribution is 0.114. The molecule has 2 atom stereocenters. The van der Waals surface area contributed by atoms with Crippen LogP contribution in [-0.2, 0) is 19.5 Å². The molecule has 0 spiro atoms. The summed E-state index contributed by atoms with van der Waals surface area (Å²) in [4.78, 5) is 14.8. The molecule has 2 aliphatic heterocycles. The van der Waals surface area contributed by atoms with E-state index in [-0.39, 0.29) is 5.56 Å². The van der Waals surface area contributed by atoms with E-state index in [1.807, 2.05) is 10.6 Å². The Bertz CT molecular complexity index is 1130. The number of hydrogen-bond donors (Lipinski definition) is 0. The Labute approximate surface area is 165 Å². The van der Waals surface area contributed by atoms with Crippen LogP contribution in [0.4, 0.5) is 0 Å². The van der Waals surface area contributed by atoms with E-state index in [9.17, 15) is 4.79 Å². The van der Waals surface area contributed by atoms with Crippen molar-refractivity contribution in [3.8, 4) is 11.1 Å². The number of benzene rings is 2. The minimum atomic E-state index is 0.166. The van der Waals surface area contributed by atoms with Gasteiger partial charge in [-0.1, -0.05) is 48.5 Å². The molecule has 0 saturated carbocycles. The third kappa shape index (κ3) is 2.57. The highest BCUT2D eigenvalue weighted by atomic mass is 16.1. The predicted octanol–water partition coefficient (Wildman–Crippen LogP) is 4.04. The summed E-state index contributed by atoms with van der Waals surface area (Å²) in [7, 11) is 0. The van der Waals surface area contributed by atoms with Crippen LogP contribution in [0.1, 0.15) is 34.7 Å². The average Bonchev–Trinajstić information content (AvgIpc) is 3.06. The van der Waals surface area contributed by atoms with Gasteiger partial charge in [-0.05, 0) is 52.6 Å². The summed E-state index contributed by atoms with van der Waals surface area (Å²) in [6.45, 7) is 4.03. The molecule has 1 fully saturated rings. The molecule has 3 heteroatoms. The van der Waals surface area contributed by atoms with E-state index in [1.165, 1.54) is 39.9 Å². The first-order valence-corrected chi connectivity index (χ1v) is 10.4. The Morgan fingerprint density at radius 1 is 0.857 bits per heavy atom. The van der Waals surface area contributed by atoms with Crippen LogP contribution in [0.5, 0.6) is 0 Å². The minimum Gasteiger partial charge on any atom is -0.312 e. The number of piperidine rings is 1. The van der Waals surface area contributed by atoms with Gasteiger partial charge in [0.1, 0.15) is 0 Å². The van der Waals surface area contributed by atoms with E-state index in [4.69, 9.17) is 0 Å². The van der Waals surface area contributed by atoms with Crippen molar-refractivity contribution in [2.24, 2.45) is 5.92 Å². The zero-order valence-electron chi connectivity index (χ0n) is 16.0. The normalized spacial score (nSPS) is 22.4. The van der Waals surface area contributed by atoms with Gasteiger partial charge in [-0.25, -0.2) is 0 Å². The summed E-state index contributed by atoms with van der Waals surface area (Å²) in [5.74, 6) is 1.07. The average molecular weight is 368 g/mol. The van der Waals surface area contributed by atoms with Gasteiger partial charge >= 0.3 is 0 Å². The van der Waals surface area contributed by atoms with Crippen LogP contribution in [0.3, 0.4) is 0 Å². The molecule has 3 aliphatic rings. The van der Waals surface area contributed by atoms with Crippen LogP contribution in [0, 0.1) is 5.92 Å². The number of pyridine rings is 1. The largest absolute Gasteiger partial charge is 0.312 e. The first kappa shape index (κ1) is 16.3. The quantitative estimate of drug-likeness (QED) is 0.534. The minimum absolute atomic E-state index is 0.166. The molecule has 0 N–H and O–H groups in total. The fourth-order valence-corrected chi connectivity index (χ4v) is 5.68. The highest BCUT2D eigenvalue weighted by molar-refractivity contribution is 5.76. The first-order chi connectivity index (χ1) is 13.7. The Balaban J connectivity index is 1.24. The smallest absolute Gasteiger partial charge is 0.250 e. The maximum absolute atomic E-state index is 12.2. The Morgan fingerprint density at radius 3 is 2.71 bits per heavy atom. The molecule has 3 nitrogen and oxygen atoms in total. The van der Waals surface area contributed by atoms with Gasteiger partial charge < -0.3 is 4.57 Å². The number of likely N-dealkylation sites (tertiary alicyclic amines) is 1. The van der Waals surface area contributed by atoms with Gasteiger partial charge in [0.2, 0.25) is 0 Å². The zero-order valence-corrected chi connectivity index (χ0v) is 16.0. The van der Waals surface area contributed by atoms with Gasteiger partial charge in [-0.2, -0.15) is 0 Å². The fraction of sp³-hybridized carbons (Fsp3) is 0.320. The van der Waals surface area contributed by atoms with Gasteiger partial charge in [0.25, 0.3) is 5.56 Å². The van der Waals surface area contributed by atoms with Crippen LogP contribution >= 0.6 is 0 Å². The zero-order chi connectivity index (χ0) is 18.7. The van der Waals surface area contributed by atoms with Gasteiger partial charge in [0.05, 0.1) is 0 Å². The lowest BCUT2D eigenvalue weighted by atomic mass is 9.83. The first-order valence-electron chi connectivity index (χ1n) is 10.4. The molecule has 1 saturated heterocycles. The standard InChI is InChI=1S/C25H24N2O/c28-25-7-3-6-24-21-11-18(15-27(24)25)14-26(16-21)13-17-8-9-23-20(10-17)12-19-4-1-2-5-22(19)23/h1-10,18,21H,11-16H2/t18-,21-/m1/s1. The number of fused-ring (bicyclic) bond motifs is 7. The molecule has 3 aromatic rings. The second-order valence-electron chi connectivity index (χ2n) is 8.72. The van der Waals surface area contributed by atoms with E-state index in [2.05, 4.69) is 53.4 Å². The van der Waals surface area contributed by atoms with Crippen molar-refractivity contribution in [2.45, 2.75) is 31.8 Å². The van der Waals surface area contributed by atoms with Crippen LogP contribution < -0.4 is 5.56 Å². The molecule has 140 valence electrons. The maximum atomic E-state index is 12.2. The molecule has 28 heavy (non-hydrogen) atoms. The lowest BCUT2D eigenvalue weighted by Crippen LogP contribution is -2.46. The van der Waals surface area contributed by atoms with E-state index < -0.39 is 0 Å². The SMILES string of the molecule is O=c1cccc2n1C[C@@H]1C[C@@H]2CN(Cc2ccc3c(c2)Cc2ccccc2-3)C1. The summed E-state index contributed by atoms with van der Waals surface area (Å²) < 4.78 is 2.02. The van der Waals surface area contributed by atoms with Crippen molar-refractivity contribution in [1.29, 1.82) is 0 Å². The number of nitrogens with zero attached hydrogens (tertiary/aromatic N) is 2. The van der Waals surface area contributed by atoms with Crippen LogP contribution in [-0.4, -0.2) is 22.6 Å². The van der Waals surface area contributed by atoms with Crippen molar-refractivity contribution in [2.75, 3.05) is 13.1 Å². The molecule has 2 bridgehead atoms. The van der Waals surface area contributed by atoms with Crippen molar-refractivity contribution < 1.29 is 0 Å². The van der Waals surface area contributed by atoms with Crippen molar-refractivity contribution in [1.82, 2.24) is 9.47 Å². The van der Waals surface area contributed by atoms with Crippen molar-refractivity contribution >= 4 is 0 Å². The topological polar surface area (TPSA) is 25.2 Å². The van der Waals surface area contributed by atoms with E-state index in [0.29, 0.717) is 11.8 Å². The molecular formula is C25H24N2O. The molecule has 1 aromatic heterocycles. The molecule has 3 heterocycles.